The molecule has 1 N–H and O–H groups in total. The second-order valence-corrected chi connectivity index (χ2v) is 5.14. The van der Waals surface area contributed by atoms with Crippen LogP contribution >= 0.6 is 0 Å². The van der Waals surface area contributed by atoms with Crippen molar-refractivity contribution in [2.75, 3.05) is 0 Å². The second kappa shape index (κ2) is 3.46. The topological polar surface area (TPSA) is 20.2 Å². The van der Waals surface area contributed by atoms with Crippen LogP contribution in [0.1, 0.15) is 42.4 Å². The molecule has 0 unspecified atom stereocenters. The lowest BCUT2D eigenvalue weighted by Gasteiger charge is -2.41. The van der Waals surface area contributed by atoms with Crippen LogP contribution in [0.25, 0.3) is 5.57 Å². The third-order valence-electron chi connectivity index (χ3n) is 4.13. The van der Waals surface area contributed by atoms with E-state index in [9.17, 15) is 5.11 Å². The van der Waals surface area contributed by atoms with E-state index < -0.39 is 5.60 Å². The molecule has 0 bridgehead atoms. The number of allylic oxidation sites excluding steroid dienone is 1. The predicted molar refractivity (Wildman–Crippen MR) is 66.3 cm³/mol. The second-order valence-electron chi connectivity index (χ2n) is 5.14. The monoisotopic (exact) mass is 214 g/mol. The molecule has 3 rings (SSSR count). The van der Waals surface area contributed by atoms with Crippen molar-refractivity contribution in [3.05, 3.63) is 41.0 Å². The Hall–Kier alpha value is -1.08. The minimum absolute atomic E-state index is 0.511. The van der Waals surface area contributed by atoms with Crippen molar-refractivity contribution >= 4 is 5.57 Å². The number of fused-ring (bicyclic) bond motifs is 1. The van der Waals surface area contributed by atoms with Gasteiger partial charge < -0.3 is 5.11 Å². The fraction of sp³-hybridized carbons (Fsp3) is 0.467. The number of aliphatic hydroxyl groups is 1. The molecule has 0 atom stereocenters. The maximum atomic E-state index is 10.5. The zero-order chi connectivity index (χ0) is 11.2. The van der Waals surface area contributed by atoms with Gasteiger partial charge in [0.25, 0.3) is 0 Å². The minimum atomic E-state index is -0.511. The van der Waals surface area contributed by atoms with Gasteiger partial charge >= 0.3 is 0 Å². The van der Waals surface area contributed by atoms with E-state index in [0.29, 0.717) is 0 Å². The van der Waals surface area contributed by atoms with E-state index in [1.54, 1.807) is 0 Å². The molecule has 0 saturated heterocycles. The van der Waals surface area contributed by atoms with E-state index in [1.807, 2.05) is 0 Å². The van der Waals surface area contributed by atoms with Crippen LogP contribution in [-0.2, 0) is 6.42 Å². The smallest absolute Gasteiger partial charge is 0.0899 e. The Morgan fingerprint density at radius 2 is 2.06 bits per heavy atom. The number of benzene rings is 1. The number of aryl methyl sites for hydroxylation is 1. The van der Waals surface area contributed by atoms with Crippen LogP contribution in [0.15, 0.2) is 24.3 Å². The zero-order valence-electron chi connectivity index (χ0n) is 9.79. The highest BCUT2D eigenvalue weighted by Gasteiger charge is 2.39. The normalized spacial score (nSPS) is 22.0. The van der Waals surface area contributed by atoms with Gasteiger partial charge in [0, 0.05) is 0 Å². The van der Waals surface area contributed by atoms with Gasteiger partial charge in [0.15, 0.2) is 0 Å². The van der Waals surface area contributed by atoms with Gasteiger partial charge in [-0.25, -0.2) is 0 Å². The summed E-state index contributed by atoms with van der Waals surface area (Å²) >= 11 is 0. The van der Waals surface area contributed by atoms with Crippen LogP contribution < -0.4 is 0 Å². The minimum Gasteiger partial charge on any atom is -0.385 e. The van der Waals surface area contributed by atoms with E-state index in [2.05, 4.69) is 31.2 Å². The summed E-state index contributed by atoms with van der Waals surface area (Å²) in [5.41, 5.74) is 4.80. The lowest BCUT2D eigenvalue weighted by molar-refractivity contribution is 0.0240. The highest BCUT2D eigenvalue weighted by atomic mass is 16.3. The van der Waals surface area contributed by atoms with Crippen LogP contribution in [-0.4, -0.2) is 10.7 Å². The average Bonchev–Trinajstić information content (AvgIpc) is 2.26. The van der Waals surface area contributed by atoms with Crippen LogP contribution in [0.5, 0.6) is 0 Å². The average molecular weight is 214 g/mol. The molecule has 84 valence electrons. The molecule has 2 aliphatic carbocycles. The first-order valence-electron chi connectivity index (χ1n) is 6.23. The van der Waals surface area contributed by atoms with Crippen LogP contribution in [0.3, 0.4) is 0 Å². The van der Waals surface area contributed by atoms with E-state index in [-0.39, 0.29) is 0 Å². The molecule has 0 radical (unpaired) electrons. The van der Waals surface area contributed by atoms with Crippen molar-refractivity contribution in [2.45, 2.75) is 44.6 Å². The van der Waals surface area contributed by atoms with Gasteiger partial charge in [-0.05, 0) is 61.3 Å². The first-order valence-corrected chi connectivity index (χ1v) is 6.23. The van der Waals surface area contributed by atoms with E-state index in [4.69, 9.17) is 0 Å². The van der Waals surface area contributed by atoms with Crippen molar-refractivity contribution in [2.24, 2.45) is 0 Å². The Morgan fingerprint density at radius 1 is 1.25 bits per heavy atom. The summed E-state index contributed by atoms with van der Waals surface area (Å²) in [4.78, 5) is 0. The first-order chi connectivity index (χ1) is 7.71. The van der Waals surface area contributed by atoms with Crippen LogP contribution in [0.4, 0.5) is 0 Å². The summed E-state index contributed by atoms with van der Waals surface area (Å²) in [5.74, 6) is 0. The molecule has 1 aromatic carbocycles. The standard InChI is InChI=1S/C15H18O/c1-11-5-2-7-13-12(11)6-3-8-14(13)15(16)9-4-10-15/h2,5,7-8,16H,3-4,6,9-10H2,1H3. The van der Waals surface area contributed by atoms with Gasteiger partial charge in [-0.1, -0.05) is 24.3 Å². The summed E-state index contributed by atoms with van der Waals surface area (Å²) in [7, 11) is 0. The number of hydrogen-bond donors (Lipinski definition) is 1. The molecule has 0 spiro atoms. The van der Waals surface area contributed by atoms with Gasteiger partial charge in [0.2, 0.25) is 0 Å². The molecule has 2 aliphatic rings. The van der Waals surface area contributed by atoms with Crippen molar-refractivity contribution in [1.29, 1.82) is 0 Å². The fourth-order valence-corrected chi connectivity index (χ4v) is 2.98. The Balaban J connectivity index is 2.10. The van der Waals surface area contributed by atoms with Crippen molar-refractivity contribution in [1.82, 2.24) is 0 Å². The molecule has 0 aliphatic heterocycles. The quantitative estimate of drug-likeness (QED) is 0.761. The Bertz CT molecular complexity index is 453. The molecule has 1 fully saturated rings. The molecule has 1 aromatic rings. The van der Waals surface area contributed by atoms with E-state index in [0.717, 1.165) is 32.1 Å². The molecule has 1 nitrogen and oxygen atoms in total. The molecular formula is C15H18O. The Labute approximate surface area is 96.8 Å². The lowest BCUT2D eigenvalue weighted by atomic mass is 9.69. The molecule has 1 heteroatoms. The van der Waals surface area contributed by atoms with Gasteiger partial charge in [0.05, 0.1) is 5.60 Å². The third-order valence-corrected chi connectivity index (χ3v) is 4.13. The molecule has 16 heavy (non-hydrogen) atoms. The number of hydrogen-bond acceptors (Lipinski definition) is 1. The highest BCUT2D eigenvalue weighted by molar-refractivity contribution is 5.77. The first kappa shape index (κ1) is 10.1. The lowest BCUT2D eigenvalue weighted by Crippen LogP contribution is -2.38. The van der Waals surface area contributed by atoms with Crippen molar-refractivity contribution < 1.29 is 5.11 Å². The van der Waals surface area contributed by atoms with Crippen molar-refractivity contribution in [3.8, 4) is 0 Å². The summed E-state index contributed by atoms with van der Waals surface area (Å²) in [6.45, 7) is 2.17. The van der Waals surface area contributed by atoms with Crippen molar-refractivity contribution in [3.63, 3.8) is 0 Å². The third kappa shape index (κ3) is 1.35. The largest absolute Gasteiger partial charge is 0.385 e. The van der Waals surface area contributed by atoms with E-state index >= 15 is 0 Å². The zero-order valence-corrected chi connectivity index (χ0v) is 9.79. The summed E-state index contributed by atoms with van der Waals surface area (Å²) < 4.78 is 0. The van der Waals surface area contributed by atoms with Gasteiger partial charge in [-0.15, -0.1) is 0 Å². The molecule has 0 amide bonds. The van der Waals surface area contributed by atoms with Crippen LogP contribution in [0, 0.1) is 6.92 Å². The summed E-state index contributed by atoms with van der Waals surface area (Å²) in [6.07, 6.45) is 7.49. The molecule has 0 heterocycles. The SMILES string of the molecule is Cc1cccc2c1CCC=C2C1(O)CCC1. The van der Waals surface area contributed by atoms with Gasteiger partial charge in [-0.3, -0.25) is 0 Å². The van der Waals surface area contributed by atoms with Gasteiger partial charge in [-0.2, -0.15) is 0 Å². The van der Waals surface area contributed by atoms with E-state index in [1.165, 1.54) is 22.3 Å². The predicted octanol–water partition coefficient (Wildman–Crippen LogP) is 3.24. The molecular weight excluding hydrogens is 196 g/mol. The maximum absolute atomic E-state index is 10.5. The number of rotatable bonds is 1. The summed E-state index contributed by atoms with van der Waals surface area (Å²) in [6, 6.07) is 6.45. The molecule has 1 saturated carbocycles. The Kier molecular flexibility index (Phi) is 2.18. The highest BCUT2D eigenvalue weighted by Crippen LogP contribution is 2.45. The molecule has 0 aromatic heterocycles. The maximum Gasteiger partial charge on any atom is 0.0899 e. The summed E-state index contributed by atoms with van der Waals surface area (Å²) in [5, 5.41) is 10.5. The fourth-order valence-electron chi connectivity index (χ4n) is 2.98. The van der Waals surface area contributed by atoms with Gasteiger partial charge in [0.1, 0.15) is 0 Å². The Morgan fingerprint density at radius 3 is 2.75 bits per heavy atom. The van der Waals surface area contributed by atoms with Crippen LogP contribution in [0.2, 0.25) is 0 Å².